The molecule has 4 rings (SSSR count). The SMILES string of the molecule is Cc1cc(NC(=S)NC(=O)c2ccccc2Cl)c(C)c(Cl)c1Oc1ccc(Oc2ccc(Cl)cc2Cl)cc1C(C)C. The minimum Gasteiger partial charge on any atom is -0.456 e. The number of nitrogens with one attached hydrogen (secondary N) is 2. The fraction of sp³-hybridized carbons (Fsp3) is 0.161. The van der Waals surface area contributed by atoms with Crippen molar-refractivity contribution in [2.24, 2.45) is 0 Å². The van der Waals surface area contributed by atoms with E-state index in [-0.39, 0.29) is 11.0 Å². The van der Waals surface area contributed by atoms with Crippen LogP contribution in [0.2, 0.25) is 20.1 Å². The Balaban J connectivity index is 1.54. The minimum absolute atomic E-state index is 0.112. The van der Waals surface area contributed by atoms with Gasteiger partial charge in [0.2, 0.25) is 0 Å². The van der Waals surface area contributed by atoms with Crippen LogP contribution in [0.15, 0.2) is 66.7 Å². The predicted octanol–water partition coefficient (Wildman–Crippen LogP) is 10.8. The fourth-order valence-electron chi connectivity index (χ4n) is 4.01. The third-order valence-corrected chi connectivity index (χ3v) is 7.70. The van der Waals surface area contributed by atoms with Gasteiger partial charge in [0.25, 0.3) is 5.91 Å². The Labute approximate surface area is 264 Å². The number of hydrogen-bond acceptors (Lipinski definition) is 4. The zero-order valence-electron chi connectivity index (χ0n) is 22.6. The molecule has 0 fully saturated rings. The largest absolute Gasteiger partial charge is 0.456 e. The molecule has 0 radical (unpaired) electrons. The van der Waals surface area contributed by atoms with Crippen LogP contribution in [-0.4, -0.2) is 11.0 Å². The number of thiocarbonyl (C=S) groups is 1. The van der Waals surface area contributed by atoms with Gasteiger partial charge in [0.15, 0.2) is 5.11 Å². The average Bonchev–Trinajstić information content (AvgIpc) is 2.91. The molecule has 0 heterocycles. The maximum Gasteiger partial charge on any atom is 0.258 e. The quantitative estimate of drug-likeness (QED) is 0.195. The van der Waals surface area contributed by atoms with Gasteiger partial charge in [0, 0.05) is 16.3 Å². The molecule has 0 saturated heterocycles. The fourth-order valence-corrected chi connectivity index (χ4v) is 5.17. The molecular weight excluding hydrogens is 622 g/mol. The second-order valence-electron chi connectivity index (χ2n) is 9.53. The maximum atomic E-state index is 12.6. The van der Waals surface area contributed by atoms with Gasteiger partial charge in [-0.05, 0) is 97.7 Å². The van der Waals surface area contributed by atoms with E-state index in [0.29, 0.717) is 59.9 Å². The van der Waals surface area contributed by atoms with E-state index in [1.54, 1.807) is 48.5 Å². The maximum absolute atomic E-state index is 12.6. The molecule has 41 heavy (non-hydrogen) atoms. The van der Waals surface area contributed by atoms with Gasteiger partial charge in [0.1, 0.15) is 23.0 Å². The van der Waals surface area contributed by atoms with E-state index >= 15 is 0 Å². The number of hydrogen-bond donors (Lipinski definition) is 2. The Morgan fingerprint density at radius 2 is 1.56 bits per heavy atom. The third-order valence-electron chi connectivity index (χ3n) is 6.18. The van der Waals surface area contributed by atoms with Crippen molar-refractivity contribution in [2.45, 2.75) is 33.6 Å². The van der Waals surface area contributed by atoms with Gasteiger partial charge in [-0.2, -0.15) is 0 Å². The lowest BCUT2D eigenvalue weighted by molar-refractivity contribution is 0.0978. The summed E-state index contributed by atoms with van der Waals surface area (Å²) in [7, 11) is 0. The average molecular weight is 648 g/mol. The first-order valence-electron chi connectivity index (χ1n) is 12.6. The van der Waals surface area contributed by atoms with Crippen molar-refractivity contribution in [2.75, 3.05) is 5.32 Å². The highest BCUT2D eigenvalue weighted by Crippen LogP contribution is 2.42. The summed E-state index contributed by atoms with van der Waals surface area (Å²) in [5.41, 5.74) is 3.35. The van der Waals surface area contributed by atoms with Crippen molar-refractivity contribution < 1.29 is 14.3 Å². The van der Waals surface area contributed by atoms with E-state index in [4.69, 9.17) is 68.1 Å². The molecule has 0 saturated carbocycles. The Morgan fingerprint density at radius 3 is 2.24 bits per heavy atom. The van der Waals surface area contributed by atoms with Crippen LogP contribution in [0.25, 0.3) is 0 Å². The van der Waals surface area contributed by atoms with E-state index in [1.807, 2.05) is 32.0 Å². The molecule has 0 aliphatic heterocycles. The Morgan fingerprint density at radius 1 is 0.854 bits per heavy atom. The summed E-state index contributed by atoms with van der Waals surface area (Å²) >= 11 is 30.6. The van der Waals surface area contributed by atoms with E-state index < -0.39 is 5.91 Å². The molecular formula is C31H26Cl4N2O3S. The van der Waals surface area contributed by atoms with Gasteiger partial charge in [-0.25, -0.2) is 0 Å². The first-order valence-corrected chi connectivity index (χ1v) is 14.5. The second kappa shape index (κ2) is 13.3. The van der Waals surface area contributed by atoms with Crippen LogP contribution in [0.5, 0.6) is 23.0 Å². The molecule has 0 aliphatic carbocycles. The topological polar surface area (TPSA) is 59.6 Å². The second-order valence-corrected chi connectivity index (χ2v) is 11.6. The van der Waals surface area contributed by atoms with Gasteiger partial charge >= 0.3 is 0 Å². The number of benzene rings is 4. The molecule has 212 valence electrons. The standard InChI is InChI=1S/C31H26Cl4N2O3S/c1-16(2)22-15-20(39-27-11-9-19(32)14-24(27)34)10-12-26(22)40-29-17(3)13-25(18(4)28(29)35)36-31(41)37-30(38)21-7-5-6-8-23(21)33/h5-16H,1-4H3,(H2,36,37,38,41). The van der Waals surface area contributed by atoms with Gasteiger partial charge in [0.05, 0.1) is 20.6 Å². The van der Waals surface area contributed by atoms with Crippen LogP contribution in [0.1, 0.15) is 46.8 Å². The first kappa shape index (κ1) is 30.9. The normalized spacial score (nSPS) is 10.9. The Bertz CT molecular complexity index is 1640. The zero-order chi connectivity index (χ0) is 29.8. The number of halogens is 4. The molecule has 0 aliphatic rings. The molecule has 0 unspecified atom stereocenters. The van der Waals surface area contributed by atoms with Crippen molar-refractivity contribution >= 4 is 75.3 Å². The molecule has 5 nitrogen and oxygen atoms in total. The highest BCUT2D eigenvalue weighted by molar-refractivity contribution is 7.80. The molecule has 4 aromatic carbocycles. The highest BCUT2D eigenvalue weighted by atomic mass is 35.5. The van der Waals surface area contributed by atoms with Crippen molar-refractivity contribution in [1.82, 2.24) is 5.32 Å². The summed E-state index contributed by atoms with van der Waals surface area (Å²) in [5.74, 6) is 1.96. The molecule has 2 N–H and O–H groups in total. The summed E-state index contributed by atoms with van der Waals surface area (Å²) < 4.78 is 12.4. The number of anilines is 1. The highest BCUT2D eigenvalue weighted by Gasteiger charge is 2.19. The Hall–Kier alpha value is -3.00. The van der Waals surface area contributed by atoms with Crippen LogP contribution in [0.4, 0.5) is 5.69 Å². The minimum atomic E-state index is -0.416. The van der Waals surface area contributed by atoms with Crippen molar-refractivity contribution in [3.05, 3.63) is 109 Å². The predicted molar refractivity (Wildman–Crippen MR) is 173 cm³/mol. The van der Waals surface area contributed by atoms with Gasteiger partial charge in [-0.3, -0.25) is 10.1 Å². The molecule has 0 aromatic heterocycles. The molecule has 4 aromatic rings. The van der Waals surface area contributed by atoms with Crippen LogP contribution >= 0.6 is 58.6 Å². The lowest BCUT2D eigenvalue weighted by atomic mass is 10.0. The summed E-state index contributed by atoms with van der Waals surface area (Å²) in [4.78, 5) is 12.6. The Kier molecular flexibility index (Phi) is 10.1. The van der Waals surface area contributed by atoms with Crippen molar-refractivity contribution in [1.29, 1.82) is 0 Å². The molecule has 0 spiro atoms. The van der Waals surface area contributed by atoms with E-state index in [2.05, 4.69) is 24.5 Å². The monoisotopic (exact) mass is 646 g/mol. The third kappa shape index (κ3) is 7.45. The number of carbonyl (C=O) groups excluding carboxylic acids is 1. The smallest absolute Gasteiger partial charge is 0.258 e. The first-order chi connectivity index (χ1) is 19.4. The lowest BCUT2D eigenvalue weighted by Gasteiger charge is -2.20. The summed E-state index contributed by atoms with van der Waals surface area (Å²) in [6, 6.07) is 19.2. The van der Waals surface area contributed by atoms with Crippen LogP contribution < -0.4 is 20.1 Å². The number of carbonyl (C=O) groups is 1. The van der Waals surface area contributed by atoms with Gasteiger partial charge in [-0.15, -0.1) is 0 Å². The van der Waals surface area contributed by atoms with Crippen molar-refractivity contribution in [3.63, 3.8) is 0 Å². The summed E-state index contributed by atoms with van der Waals surface area (Å²) in [5, 5.41) is 7.50. The molecule has 10 heteroatoms. The van der Waals surface area contributed by atoms with E-state index in [9.17, 15) is 4.79 Å². The number of aryl methyl sites for hydroxylation is 1. The molecule has 1 amide bonds. The zero-order valence-corrected chi connectivity index (χ0v) is 26.4. The lowest BCUT2D eigenvalue weighted by Crippen LogP contribution is -2.34. The number of amides is 1. The van der Waals surface area contributed by atoms with Gasteiger partial charge in [-0.1, -0.05) is 72.4 Å². The molecule has 0 bridgehead atoms. The van der Waals surface area contributed by atoms with Crippen LogP contribution in [-0.2, 0) is 0 Å². The van der Waals surface area contributed by atoms with Crippen molar-refractivity contribution in [3.8, 4) is 23.0 Å². The van der Waals surface area contributed by atoms with E-state index in [1.165, 1.54) is 0 Å². The van der Waals surface area contributed by atoms with Gasteiger partial charge < -0.3 is 14.8 Å². The van der Waals surface area contributed by atoms with Crippen LogP contribution in [0.3, 0.4) is 0 Å². The summed E-state index contributed by atoms with van der Waals surface area (Å²) in [6.07, 6.45) is 0. The molecule has 0 atom stereocenters. The van der Waals surface area contributed by atoms with E-state index in [0.717, 1.165) is 11.1 Å². The number of rotatable bonds is 7. The summed E-state index contributed by atoms with van der Waals surface area (Å²) in [6.45, 7) is 7.84. The number of ether oxygens (including phenoxy) is 2. The van der Waals surface area contributed by atoms with Crippen LogP contribution in [0, 0.1) is 13.8 Å².